The molecular weight excluding hydrogens is 460 g/mol. The number of aryl methyl sites for hydroxylation is 2. The lowest BCUT2D eigenvalue weighted by Gasteiger charge is -2.15. The van der Waals surface area contributed by atoms with Crippen LogP contribution in [0.25, 0.3) is 0 Å². The van der Waals surface area contributed by atoms with E-state index in [1.54, 1.807) is 13.8 Å². The highest BCUT2D eigenvalue weighted by atomic mass is 32.1. The Morgan fingerprint density at radius 2 is 1.36 bits per heavy atom. The summed E-state index contributed by atoms with van der Waals surface area (Å²) in [5, 5.41) is 6.10. The average Bonchev–Trinajstić information content (AvgIpc) is 3.30. The molecule has 2 N–H and O–H groups in total. The Bertz CT molecular complexity index is 1200. The zero-order chi connectivity index (χ0) is 24.1. The molecule has 0 aliphatic heterocycles. The number of Topliss-reactive ketones (excluding diaryl/α,β-unsaturated/α-hetero) is 2. The van der Waals surface area contributed by atoms with Crippen molar-refractivity contribution in [2.24, 2.45) is 5.92 Å². The van der Waals surface area contributed by atoms with Crippen LogP contribution in [0.1, 0.15) is 56.6 Å². The second-order valence-corrected chi connectivity index (χ2v) is 9.61. The Morgan fingerprint density at radius 3 is 1.85 bits per heavy atom. The van der Waals surface area contributed by atoms with Gasteiger partial charge in [-0.3, -0.25) is 19.2 Å². The maximum Gasteiger partial charge on any atom is 0.230 e. The molecule has 0 bridgehead atoms. The summed E-state index contributed by atoms with van der Waals surface area (Å²) in [6, 6.07) is 9.40. The molecule has 33 heavy (non-hydrogen) atoms. The molecule has 0 radical (unpaired) electrons. The molecule has 0 spiro atoms. The van der Waals surface area contributed by atoms with Gasteiger partial charge in [0.2, 0.25) is 11.8 Å². The fraction of sp³-hybridized carbons (Fsp3) is 0.304. The number of nitrogens with zero attached hydrogens (tertiary/aromatic N) is 2. The minimum absolute atomic E-state index is 0.0846. The van der Waals surface area contributed by atoms with E-state index in [-0.39, 0.29) is 29.8 Å². The van der Waals surface area contributed by atoms with Gasteiger partial charge in [0.15, 0.2) is 21.8 Å². The third-order valence-electron chi connectivity index (χ3n) is 4.84. The van der Waals surface area contributed by atoms with Crippen molar-refractivity contribution in [3.8, 4) is 0 Å². The summed E-state index contributed by atoms with van der Waals surface area (Å²) in [5.74, 6) is -1.65. The zero-order valence-corrected chi connectivity index (χ0v) is 20.4. The Morgan fingerprint density at radius 1 is 0.848 bits per heavy atom. The SMILES string of the molecule is CC(=O)c1sc(NC(=O)CC(Cc2ccccc2)C(=O)Nc2nc(C)c(C(C)=O)s2)nc1C. The van der Waals surface area contributed by atoms with Crippen LogP contribution in [0.3, 0.4) is 0 Å². The van der Waals surface area contributed by atoms with E-state index >= 15 is 0 Å². The quantitative estimate of drug-likeness (QED) is 0.433. The summed E-state index contributed by atoms with van der Waals surface area (Å²) in [4.78, 5) is 58.6. The van der Waals surface area contributed by atoms with Crippen LogP contribution in [0.5, 0.6) is 0 Å². The van der Waals surface area contributed by atoms with Gasteiger partial charge in [-0.05, 0) is 25.8 Å². The topological polar surface area (TPSA) is 118 Å². The molecule has 0 fully saturated rings. The number of carbonyl (C=O) groups is 4. The van der Waals surface area contributed by atoms with Gasteiger partial charge in [-0.2, -0.15) is 0 Å². The predicted octanol–water partition coefficient (Wildman–Crippen LogP) is 4.45. The van der Waals surface area contributed by atoms with Crippen molar-refractivity contribution in [1.29, 1.82) is 0 Å². The lowest BCUT2D eigenvalue weighted by molar-refractivity contribution is -0.124. The number of carbonyl (C=O) groups excluding carboxylic acids is 4. The number of thiazole rings is 2. The van der Waals surface area contributed by atoms with Crippen molar-refractivity contribution in [2.75, 3.05) is 10.6 Å². The molecule has 0 saturated carbocycles. The van der Waals surface area contributed by atoms with Crippen LogP contribution in [0.2, 0.25) is 0 Å². The van der Waals surface area contributed by atoms with Gasteiger partial charge in [-0.1, -0.05) is 53.0 Å². The number of rotatable bonds is 9. The Labute approximate surface area is 199 Å². The Hall–Kier alpha value is -3.24. The Balaban J connectivity index is 1.76. The molecule has 2 heterocycles. The first kappa shape index (κ1) is 24.4. The van der Waals surface area contributed by atoms with E-state index in [4.69, 9.17) is 0 Å². The molecule has 2 aromatic heterocycles. The lowest BCUT2D eigenvalue weighted by atomic mass is 9.95. The van der Waals surface area contributed by atoms with Gasteiger partial charge < -0.3 is 10.6 Å². The van der Waals surface area contributed by atoms with Gasteiger partial charge in [0.1, 0.15) is 0 Å². The lowest BCUT2D eigenvalue weighted by Crippen LogP contribution is -2.29. The normalized spacial score (nSPS) is 11.6. The average molecular weight is 485 g/mol. The molecule has 0 saturated heterocycles. The van der Waals surface area contributed by atoms with Crippen LogP contribution < -0.4 is 10.6 Å². The van der Waals surface area contributed by atoms with Gasteiger partial charge in [-0.15, -0.1) is 0 Å². The van der Waals surface area contributed by atoms with Crippen LogP contribution in [0, 0.1) is 19.8 Å². The second-order valence-electron chi connectivity index (χ2n) is 7.61. The van der Waals surface area contributed by atoms with Crippen LogP contribution in [-0.2, 0) is 16.0 Å². The van der Waals surface area contributed by atoms with E-state index in [9.17, 15) is 19.2 Å². The van der Waals surface area contributed by atoms with Gasteiger partial charge in [-0.25, -0.2) is 9.97 Å². The number of hydrogen-bond acceptors (Lipinski definition) is 8. The molecule has 1 aromatic carbocycles. The van der Waals surface area contributed by atoms with Crippen LogP contribution in [0.4, 0.5) is 10.3 Å². The van der Waals surface area contributed by atoms with Crippen molar-refractivity contribution in [3.05, 3.63) is 57.0 Å². The third-order valence-corrected chi connectivity index (χ3v) is 7.18. The van der Waals surface area contributed by atoms with E-state index in [1.807, 2.05) is 30.3 Å². The first-order valence-corrected chi connectivity index (χ1v) is 11.9. The van der Waals surface area contributed by atoms with Crippen LogP contribution >= 0.6 is 22.7 Å². The second kappa shape index (κ2) is 10.6. The first-order chi connectivity index (χ1) is 15.6. The molecule has 1 atom stereocenters. The van der Waals surface area contributed by atoms with Gasteiger partial charge >= 0.3 is 0 Å². The highest BCUT2D eigenvalue weighted by Gasteiger charge is 2.25. The number of ketones is 2. The van der Waals surface area contributed by atoms with Crippen molar-refractivity contribution in [3.63, 3.8) is 0 Å². The largest absolute Gasteiger partial charge is 0.302 e. The van der Waals surface area contributed by atoms with Crippen LogP contribution in [0.15, 0.2) is 30.3 Å². The van der Waals surface area contributed by atoms with E-state index < -0.39 is 5.92 Å². The number of nitrogens with one attached hydrogen (secondary N) is 2. The fourth-order valence-corrected chi connectivity index (χ4v) is 5.05. The van der Waals surface area contributed by atoms with Gasteiger partial charge in [0.05, 0.1) is 27.1 Å². The number of anilines is 2. The molecular formula is C23H24N4O4S2. The minimum atomic E-state index is -0.675. The molecule has 172 valence electrons. The van der Waals surface area contributed by atoms with Crippen molar-refractivity contribution in [2.45, 2.75) is 40.5 Å². The molecule has 10 heteroatoms. The number of hydrogen-bond donors (Lipinski definition) is 2. The summed E-state index contributed by atoms with van der Waals surface area (Å²) in [6.45, 7) is 6.32. The minimum Gasteiger partial charge on any atom is -0.302 e. The molecule has 3 rings (SSSR count). The molecule has 2 amide bonds. The zero-order valence-electron chi connectivity index (χ0n) is 18.7. The van der Waals surface area contributed by atoms with E-state index in [1.165, 1.54) is 13.8 Å². The highest BCUT2D eigenvalue weighted by molar-refractivity contribution is 7.18. The monoisotopic (exact) mass is 484 g/mol. The van der Waals surface area contributed by atoms with Crippen molar-refractivity contribution < 1.29 is 19.2 Å². The molecule has 0 aliphatic carbocycles. The predicted molar refractivity (Wildman–Crippen MR) is 129 cm³/mol. The summed E-state index contributed by atoms with van der Waals surface area (Å²) < 4.78 is 0. The molecule has 1 unspecified atom stereocenters. The molecule has 3 aromatic rings. The van der Waals surface area contributed by atoms with Crippen molar-refractivity contribution >= 4 is 56.3 Å². The van der Waals surface area contributed by atoms with Gasteiger partial charge in [0, 0.05) is 20.3 Å². The summed E-state index contributed by atoms with van der Waals surface area (Å²) >= 11 is 2.23. The third kappa shape index (κ3) is 6.39. The number of benzene rings is 1. The van der Waals surface area contributed by atoms with Crippen LogP contribution in [-0.4, -0.2) is 33.3 Å². The maximum absolute atomic E-state index is 13.1. The number of aromatic nitrogens is 2. The number of amides is 2. The fourth-order valence-electron chi connectivity index (χ4n) is 3.31. The van der Waals surface area contributed by atoms with E-state index in [0.717, 1.165) is 28.2 Å². The van der Waals surface area contributed by atoms with Crippen molar-refractivity contribution in [1.82, 2.24) is 9.97 Å². The first-order valence-electron chi connectivity index (χ1n) is 10.3. The molecule has 0 aliphatic rings. The standard InChI is InChI=1S/C23H24N4O4S2/c1-12-19(14(3)28)32-22(24-12)26-18(30)11-17(10-16-8-6-5-7-9-16)21(31)27-23-25-13(2)20(33-23)15(4)29/h5-9,17H,10-11H2,1-4H3,(H,24,26,30)(H,25,27,31). The smallest absolute Gasteiger partial charge is 0.230 e. The summed E-state index contributed by atoms with van der Waals surface area (Å²) in [7, 11) is 0. The Kier molecular flexibility index (Phi) is 7.83. The van der Waals surface area contributed by atoms with E-state index in [2.05, 4.69) is 20.6 Å². The molecule has 8 nitrogen and oxygen atoms in total. The highest BCUT2D eigenvalue weighted by Crippen LogP contribution is 2.26. The maximum atomic E-state index is 13.1. The summed E-state index contributed by atoms with van der Waals surface area (Å²) in [6.07, 6.45) is 0.262. The van der Waals surface area contributed by atoms with Gasteiger partial charge in [0.25, 0.3) is 0 Å². The van der Waals surface area contributed by atoms with E-state index in [0.29, 0.717) is 37.8 Å². The summed E-state index contributed by atoms with van der Waals surface area (Å²) in [5.41, 5.74) is 2.02.